The Labute approximate surface area is 129 Å². The zero-order valence-corrected chi connectivity index (χ0v) is 13.8. The summed E-state index contributed by atoms with van der Waals surface area (Å²) < 4.78 is 10.9. The minimum absolute atomic E-state index is 0.231. The summed E-state index contributed by atoms with van der Waals surface area (Å²) >= 11 is 0. The molecule has 1 aromatic rings. The van der Waals surface area contributed by atoms with E-state index in [9.17, 15) is 9.00 Å². The van der Waals surface area contributed by atoms with Crippen molar-refractivity contribution in [1.82, 2.24) is 10.6 Å². The van der Waals surface area contributed by atoms with Crippen molar-refractivity contribution in [2.45, 2.75) is 26.3 Å². The first-order valence-corrected chi connectivity index (χ1v) is 8.94. The smallest absolute Gasteiger partial charge is 0.319 e. The number of amides is 2. The predicted octanol–water partition coefficient (Wildman–Crippen LogP) is 2.25. The number of hydrogen-bond acceptors (Lipinski definition) is 3. The fourth-order valence-corrected chi connectivity index (χ4v) is 2.51. The van der Waals surface area contributed by atoms with Gasteiger partial charge in [-0.1, -0.05) is 19.1 Å². The first kappa shape index (κ1) is 17.7. The molecular weight excluding hydrogens is 286 g/mol. The second-order valence-corrected chi connectivity index (χ2v) is 6.47. The van der Waals surface area contributed by atoms with Crippen LogP contribution in [0.4, 0.5) is 10.5 Å². The van der Waals surface area contributed by atoms with Crippen LogP contribution in [-0.4, -0.2) is 35.3 Å². The predicted molar refractivity (Wildman–Crippen MR) is 89.1 cm³/mol. The number of carbonyl (C=O) groups excluding carboxylic acids is 1. The molecule has 0 radical (unpaired) electrons. The summed E-state index contributed by atoms with van der Waals surface area (Å²) in [5.41, 5.74) is 1.91. The molecule has 1 rings (SSSR count). The lowest BCUT2D eigenvalue weighted by molar-refractivity contribution is 0.252. The van der Waals surface area contributed by atoms with Crippen molar-refractivity contribution in [2.24, 2.45) is 0 Å². The fraction of sp³-hybridized carbons (Fsp3) is 0.533. The number of nitrogens with one attached hydrogen (secondary N) is 3. The Morgan fingerprint density at radius 3 is 2.81 bits per heavy atom. The van der Waals surface area contributed by atoms with Gasteiger partial charge in [-0.2, -0.15) is 0 Å². The van der Waals surface area contributed by atoms with Crippen LogP contribution in [0, 0.1) is 0 Å². The van der Waals surface area contributed by atoms with Gasteiger partial charge in [0.25, 0.3) is 0 Å². The monoisotopic (exact) mass is 311 g/mol. The van der Waals surface area contributed by atoms with Gasteiger partial charge in [0.05, 0.1) is 0 Å². The highest BCUT2D eigenvalue weighted by atomic mass is 32.2. The van der Waals surface area contributed by atoms with E-state index in [2.05, 4.69) is 29.8 Å². The molecule has 6 heteroatoms. The van der Waals surface area contributed by atoms with Crippen LogP contribution in [0.5, 0.6) is 0 Å². The van der Waals surface area contributed by atoms with Gasteiger partial charge in [0.1, 0.15) is 0 Å². The van der Waals surface area contributed by atoms with Crippen LogP contribution in [-0.2, 0) is 10.8 Å². The third-order valence-corrected chi connectivity index (χ3v) is 3.91. The highest BCUT2D eigenvalue weighted by Gasteiger charge is 2.06. The summed E-state index contributed by atoms with van der Waals surface area (Å²) in [5.74, 6) is 0.607. The lowest BCUT2D eigenvalue weighted by Crippen LogP contribution is -2.30. The molecule has 3 N–H and O–H groups in total. The molecule has 21 heavy (non-hydrogen) atoms. The summed E-state index contributed by atoms with van der Waals surface area (Å²) in [6, 6.07) is 7.81. The van der Waals surface area contributed by atoms with Crippen molar-refractivity contribution >= 4 is 22.5 Å². The molecule has 0 bridgehead atoms. The largest absolute Gasteiger partial charge is 0.338 e. The standard InChI is InChI=1S/C15H25N3O2S/c1-4-16-12(2)13-7-5-8-14(11-13)18-15(19)17-9-6-10-21(3)20/h5,7-8,11-12,16H,4,6,9-10H2,1-3H3,(H2,17,18,19). The minimum Gasteiger partial charge on any atom is -0.338 e. The lowest BCUT2D eigenvalue weighted by atomic mass is 10.1. The molecule has 2 atom stereocenters. The van der Waals surface area contributed by atoms with E-state index in [1.165, 1.54) is 0 Å². The van der Waals surface area contributed by atoms with E-state index in [0.717, 1.165) is 17.8 Å². The van der Waals surface area contributed by atoms with Crippen LogP contribution >= 0.6 is 0 Å². The van der Waals surface area contributed by atoms with Gasteiger partial charge in [0.15, 0.2) is 0 Å². The van der Waals surface area contributed by atoms with Crippen molar-refractivity contribution in [1.29, 1.82) is 0 Å². The minimum atomic E-state index is -0.807. The van der Waals surface area contributed by atoms with Crippen LogP contribution in [0.1, 0.15) is 31.9 Å². The van der Waals surface area contributed by atoms with E-state index >= 15 is 0 Å². The van der Waals surface area contributed by atoms with E-state index in [1.54, 1.807) is 6.26 Å². The van der Waals surface area contributed by atoms with Crippen LogP contribution in [0.25, 0.3) is 0 Å². The average Bonchev–Trinajstić information content (AvgIpc) is 2.44. The van der Waals surface area contributed by atoms with E-state index in [1.807, 2.05) is 24.3 Å². The first-order valence-electron chi connectivity index (χ1n) is 7.21. The highest BCUT2D eigenvalue weighted by Crippen LogP contribution is 2.17. The molecule has 2 amide bonds. The number of urea groups is 1. The molecular formula is C15H25N3O2S. The number of hydrogen-bond donors (Lipinski definition) is 3. The van der Waals surface area contributed by atoms with E-state index in [-0.39, 0.29) is 12.1 Å². The molecule has 0 saturated heterocycles. The van der Waals surface area contributed by atoms with Gasteiger partial charge in [-0.3, -0.25) is 4.21 Å². The Balaban J connectivity index is 2.45. The molecule has 0 aromatic heterocycles. The molecule has 0 aliphatic carbocycles. The Kier molecular flexibility index (Phi) is 8.00. The SMILES string of the molecule is CCNC(C)c1cccc(NC(=O)NCCCS(C)=O)c1. The van der Waals surface area contributed by atoms with Gasteiger partial charge in [0, 0.05) is 41.1 Å². The van der Waals surface area contributed by atoms with Gasteiger partial charge >= 0.3 is 6.03 Å². The molecule has 5 nitrogen and oxygen atoms in total. The third kappa shape index (κ3) is 7.24. The fourth-order valence-electron chi connectivity index (χ4n) is 1.96. The maximum atomic E-state index is 11.8. The second kappa shape index (κ2) is 9.52. The number of anilines is 1. The van der Waals surface area contributed by atoms with Crippen molar-refractivity contribution in [3.8, 4) is 0 Å². The molecule has 1 aromatic carbocycles. The molecule has 0 spiro atoms. The van der Waals surface area contributed by atoms with E-state index in [0.29, 0.717) is 18.7 Å². The molecule has 0 aliphatic rings. The van der Waals surface area contributed by atoms with Crippen molar-refractivity contribution < 1.29 is 9.00 Å². The molecule has 0 fully saturated rings. The first-order chi connectivity index (χ1) is 10.0. The van der Waals surface area contributed by atoms with Gasteiger partial charge in [-0.05, 0) is 37.6 Å². The van der Waals surface area contributed by atoms with Crippen LogP contribution < -0.4 is 16.0 Å². The maximum Gasteiger partial charge on any atom is 0.319 e. The zero-order chi connectivity index (χ0) is 15.7. The van der Waals surface area contributed by atoms with Crippen molar-refractivity contribution in [2.75, 3.05) is 30.4 Å². The normalized spacial score (nSPS) is 13.5. The van der Waals surface area contributed by atoms with Gasteiger partial charge in [-0.25, -0.2) is 4.79 Å². The average molecular weight is 311 g/mol. The molecule has 0 aliphatic heterocycles. The van der Waals surface area contributed by atoms with E-state index in [4.69, 9.17) is 0 Å². The number of benzene rings is 1. The molecule has 0 heterocycles. The highest BCUT2D eigenvalue weighted by molar-refractivity contribution is 7.84. The van der Waals surface area contributed by atoms with Gasteiger partial charge < -0.3 is 16.0 Å². The Morgan fingerprint density at radius 2 is 2.14 bits per heavy atom. The summed E-state index contributed by atoms with van der Waals surface area (Å²) in [5, 5.41) is 8.91. The quantitative estimate of drug-likeness (QED) is 0.645. The molecule has 118 valence electrons. The molecule has 0 saturated carbocycles. The van der Waals surface area contributed by atoms with E-state index < -0.39 is 10.8 Å². The van der Waals surface area contributed by atoms with Crippen LogP contribution in [0.15, 0.2) is 24.3 Å². The zero-order valence-electron chi connectivity index (χ0n) is 12.9. The summed E-state index contributed by atoms with van der Waals surface area (Å²) in [6.07, 6.45) is 2.38. The van der Waals surface area contributed by atoms with Gasteiger partial charge in [0.2, 0.25) is 0 Å². The maximum absolute atomic E-state index is 11.8. The van der Waals surface area contributed by atoms with Crippen molar-refractivity contribution in [3.05, 3.63) is 29.8 Å². The number of carbonyl (C=O) groups is 1. The Bertz CT molecular complexity index is 480. The van der Waals surface area contributed by atoms with Crippen molar-refractivity contribution in [3.63, 3.8) is 0 Å². The summed E-state index contributed by atoms with van der Waals surface area (Å²) in [7, 11) is -0.807. The van der Waals surface area contributed by atoms with Crippen LogP contribution in [0.2, 0.25) is 0 Å². The topological polar surface area (TPSA) is 70.2 Å². The second-order valence-electron chi connectivity index (χ2n) is 4.92. The number of rotatable bonds is 8. The van der Waals surface area contributed by atoms with Crippen LogP contribution in [0.3, 0.4) is 0 Å². The lowest BCUT2D eigenvalue weighted by Gasteiger charge is -2.14. The van der Waals surface area contributed by atoms with Gasteiger partial charge in [-0.15, -0.1) is 0 Å². The Morgan fingerprint density at radius 1 is 1.38 bits per heavy atom. The summed E-state index contributed by atoms with van der Waals surface area (Å²) in [4.78, 5) is 11.8. The molecule has 2 unspecified atom stereocenters. The summed E-state index contributed by atoms with van der Waals surface area (Å²) in [6.45, 7) is 5.58. The third-order valence-electron chi connectivity index (χ3n) is 3.05. The Hall–Kier alpha value is -1.40.